The lowest BCUT2D eigenvalue weighted by Crippen LogP contribution is -2.26. The monoisotopic (exact) mass is 492 g/mol. The van der Waals surface area contributed by atoms with Gasteiger partial charge in [0, 0.05) is 17.8 Å². The zero-order valence-corrected chi connectivity index (χ0v) is 19.8. The third-order valence-electron chi connectivity index (χ3n) is 5.63. The first-order chi connectivity index (χ1) is 16.4. The van der Waals surface area contributed by atoms with Crippen molar-refractivity contribution < 1.29 is 9.72 Å². The number of nitro groups is 1. The fourth-order valence-electron chi connectivity index (χ4n) is 3.69. The Hall–Kier alpha value is -3.50. The number of para-hydroxylation sites is 1. The summed E-state index contributed by atoms with van der Waals surface area (Å²) in [5.41, 5.74) is 2.05. The molecule has 2 aromatic heterocycles. The number of hydrogen-bond donors (Lipinski definition) is 1. The number of anilines is 1. The number of thiophene rings is 1. The van der Waals surface area contributed by atoms with Crippen molar-refractivity contribution >= 4 is 50.6 Å². The molecular formula is C24H20N4O4S2. The molecule has 34 heavy (non-hydrogen) atoms. The number of hydrogen-bond acceptors (Lipinski definition) is 7. The Balaban J connectivity index is 1.47. The molecule has 0 aliphatic heterocycles. The average Bonchev–Trinajstić information content (AvgIpc) is 3.59. The molecule has 0 spiro atoms. The molecule has 0 radical (unpaired) electrons. The minimum Gasteiger partial charge on any atom is -0.325 e. The number of nitrogens with zero attached hydrogens (tertiary/aromatic N) is 3. The highest BCUT2D eigenvalue weighted by Crippen LogP contribution is 2.44. The van der Waals surface area contributed by atoms with Crippen molar-refractivity contribution in [3.63, 3.8) is 0 Å². The van der Waals surface area contributed by atoms with Crippen LogP contribution in [0.3, 0.4) is 0 Å². The Morgan fingerprint density at radius 3 is 2.56 bits per heavy atom. The SMILES string of the molecule is CC(Sc1nc2scc(C3CC3)c2c(=O)n1-c1ccccc1)C(=O)Nc1ccc([N+](=O)[O-])cc1. The number of rotatable bonds is 7. The number of thioether (sulfide) groups is 1. The molecule has 1 amide bonds. The normalized spacial score (nSPS) is 14.1. The summed E-state index contributed by atoms with van der Waals surface area (Å²) >= 11 is 2.66. The van der Waals surface area contributed by atoms with Gasteiger partial charge in [0.1, 0.15) is 4.83 Å². The van der Waals surface area contributed by atoms with Crippen LogP contribution < -0.4 is 10.9 Å². The van der Waals surface area contributed by atoms with Crippen LogP contribution in [0.5, 0.6) is 0 Å². The number of benzene rings is 2. The third-order valence-corrected chi connectivity index (χ3v) is 7.58. The van der Waals surface area contributed by atoms with E-state index in [4.69, 9.17) is 4.98 Å². The van der Waals surface area contributed by atoms with Gasteiger partial charge in [-0.2, -0.15) is 0 Å². The molecule has 1 N–H and O–H groups in total. The molecular weight excluding hydrogens is 472 g/mol. The molecule has 1 fully saturated rings. The van der Waals surface area contributed by atoms with Gasteiger partial charge in [0.2, 0.25) is 5.91 Å². The molecule has 0 saturated heterocycles. The molecule has 5 rings (SSSR count). The van der Waals surface area contributed by atoms with Crippen molar-refractivity contribution in [1.82, 2.24) is 9.55 Å². The van der Waals surface area contributed by atoms with Crippen molar-refractivity contribution in [2.75, 3.05) is 5.32 Å². The van der Waals surface area contributed by atoms with Crippen LogP contribution in [0.4, 0.5) is 11.4 Å². The predicted molar refractivity (Wildman–Crippen MR) is 134 cm³/mol. The van der Waals surface area contributed by atoms with Crippen molar-refractivity contribution in [3.05, 3.63) is 86.0 Å². The minimum atomic E-state index is -0.572. The van der Waals surface area contributed by atoms with Crippen LogP contribution in [0.2, 0.25) is 0 Å². The van der Waals surface area contributed by atoms with Crippen LogP contribution in [0.15, 0.2) is 69.9 Å². The molecule has 172 valence electrons. The van der Waals surface area contributed by atoms with E-state index in [0.717, 1.165) is 18.4 Å². The molecule has 10 heteroatoms. The summed E-state index contributed by atoms with van der Waals surface area (Å²) in [5, 5.41) is 16.2. The average molecular weight is 493 g/mol. The van der Waals surface area contributed by atoms with Crippen molar-refractivity contribution in [2.45, 2.75) is 36.1 Å². The van der Waals surface area contributed by atoms with E-state index in [1.54, 1.807) is 11.5 Å². The van der Waals surface area contributed by atoms with Gasteiger partial charge in [0.05, 0.1) is 21.2 Å². The van der Waals surface area contributed by atoms with Gasteiger partial charge in [-0.15, -0.1) is 11.3 Å². The second kappa shape index (κ2) is 9.03. The first kappa shape index (κ1) is 22.3. The van der Waals surface area contributed by atoms with Gasteiger partial charge in [0.15, 0.2) is 5.16 Å². The van der Waals surface area contributed by atoms with Crippen LogP contribution in [0.25, 0.3) is 15.9 Å². The molecule has 1 aliphatic carbocycles. The Bertz CT molecular complexity index is 1440. The van der Waals surface area contributed by atoms with E-state index >= 15 is 0 Å². The Morgan fingerprint density at radius 2 is 1.91 bits per heavy atom. The first-order valence-electron chi connectivity index (χ1n) is 10.7. The topological polar surface area (TPSA) is 107 Å². The quantitative estimate of drug-likeness (QED) is 0.161. The Kier molecular flexibility index (Phi) is 5.93. The van der Waals surface area contributed by atoms with Gasteiger partial charge in [-0.3, -0.25) is 24.3 Å². The van der Waals surface area contributed by atoms with Gasteiger partial charge >= 0.3 is 0 Å². The summed E-state index contributed by atoms with van der Waals surface area (Å²) in [6.45, 7) is 1.74. The smallest absolute Gasteiger partial charge is 0.269 e. The maximum atomic E-state index is 13.7. The summed E-state index contributed by atoms with van der Waals surface area (Å²) in [6.07, 6.45) is 2.18. The Labute approximate surface area is 202 Å². The van der Waals surface area contributed by atoms with Gasteiger partial charge in [0.25, 0.3) is 11.2 Å². The molecule has 1 atom stereocenters. The van der Waals surface area contributed by atoms with Crippen molar-refractivity contribution in [1.29, 1.82) is 0 Å². The van der Waals surface area contributed by atoms with Gasteiger partial charge in [-0.1, -0.05) is 30.0 Å². The van der Waals surface area contributed by atoms with Gasteiger partial charge in [-0.25, -0.2) is 4.98 Å². The summed E-state index contributed by atoms with van der Waals surface area (Å²) < 4.78 is 1.58. The number of aromatic nitrogens is 2. The minimum absolute atomic E-state index is 0.0497. The molecule has 2 aromatic carbocycles. The number of non-ortho nitro benzene ring substituents is 1. The molecule has 2 heterocycles. The summed E-state index contributed by atoms with van der Waals surface area (Å²) in [6, 6.07) is 15.0. The van der Waals surface area contributed by atoms with E-state index < -0.39 is 10.2 Å². The first-order valence-corrected chi connectivity index (χ1v) is 12.5. The fraction of sp³-hybridized carbons (Fsp3) is 0.208. The highest BCUT2D eigenvalue weighted by molar-refractivity contribution is 8.00. The van der Waals surface area contributed by atoms with E-state index in [1.807, 2.05) is 35.7 Å². The van der Waals surface area contributed by atoms with Crippen molar-refractivity contribution in [2.24, 2.45) is 0 Å². The summed E-state index contributed by atoms with van der Waals surface area (Å²) in [5.74, 6) is 0.134. The maximum Gasteiger partial charge on any atom is 0.269 e. The number of carbonyl (C=O) groups is 1. The zero-order chi connectivity index (χ0) is 23.8. The van der Waals surface area contributed by atoms with Crippen LogP contribution in [0, 0.1) is 10.1 Å². The summed E-state index contributed by atoms with van der Waals surface area (Å²) in [7, 11) is 0. The molecule has 1 aliphatic rings. The third kappa shape index (κ3) is 4.34. The maximum absolute atomic E-state index is 13.7. The standard InChI is InChI=1S/C24H20N4O4S2/c1-14(21(29)25-16-9-11-18(12-10-16)28(31)32)34-24-26-22-20(19(13-33-22)15-7-8-15)23(30)27(24)17-5-3-2-4-6-17/h2-6,9-15H,7-8H2,1H3,(H,25,29). The van der Waals surface area contributed by atoms with E-state index in [2.05, 4.69) is 5.32 Å². The van der Waals surface area contributed by atoms with Crippen molar-refractivity contribution in [3.8, 4) is 5.69 Å². The number of fused-ring (bicyclic) bond motifs is 1. The van der Waals surface area contributed by atoms with Crippen LogP contribution in [-0.2, 0) is 4.79 Å². The second-order valence-corrected chi connectivity index (χ2v) is 10.2. The molecule has 1 unspecified atom stereocenters. The van der Waals surface area contributed by atoms with E-state index in [1.165, 1.54) is 47.4 Å². The van der Waals surface area contributed by atoms with E-state index in [-0.39, 0.29) is 17.2 Å². The van der Waals surface area contributed by atoms with Crippen LogP contribution in [0.1, 0.15) is 31.2 Å². The van der Waals surface area contributed by atoms with Gasteiger partial charge in [-0.05, 0) is 60.9 Å². The zero-order valence-electron chi connectivity index (χ0n) is 18.1. The van der Waals surface area contributed by atoms with Crippen LogP contribution in [-0.4, -0.2) is 25.6 Å². The lowest BCUT2D eigenvalue weighted by molar-refractivity contribution is -0.384. The van der Waals surface area contributed by atoms with Crippen LogP contribution >= 0.6 is 23.1 Å². The number of carbonyl (C=O) groups excluding carboxylic acids is 1. The molecule has 8 nitrogen and oxygen atoms in total. The Morgan fingerprint density at radius 1 is 1.21 bits per heavy atom. The molecule has 1 saturated carbocycles. The predicted octanol–water partition coefficient (Wildman–Crippen LogP) is 5.35. The van der Waals surface area contributed by atoms with Gasteiger partial charge < -0.3 is 5.32 Å². The number of nitrogens with one attached hydrogen (secondary N) is 1. The highest BCUT2D eigenvalue weighted by atomic mass is 32.2. The lowest BCUT2D eigenvalue weighted by atomic mass is 10.1. The molecule has 4 aromatic rings. The fourth-order valence-corrected chi connectivity index (χ4v) is 5.68. The van der Waals surface area contributed by atoms with E-state index in [9.17, 15) is 19.7 Å². The molecule has 0 bridgehead atoms. The lowest BCUT2D eigenvalue weighted by Gasteiger charge is -2.16. The number of amides is 1. The summed E-state index contributed by atoms with van der Waals surface area (Å²) in [4.78, 5) is 42.3. The van der Waals surface area contributed by atoms with E-state index in [0.29, 0.717) is 32.7 Å². The highest BCUT2D eigenvalue weighted by Gasteiger charge is 2.29. The number of nitro benzene ring substituents is 1. The second-order valence-electron chi connectivity index (χ2n) is 8.07. The largest absolute Gasteiger partial charge is 0.325 e.